The maximum atomic E-state index is 5.89. The molecule has 2 aliphatic rings. The van der Waals surface area contributed by atoms with Crippen molar-refractivity contribution in [3.63, 3.8) is 0 Å². The summed E-state index contributed by atoms with van der Waals surface area (Å²) in [4.78, 5) is 6.86. The van der Waals surface area contributed by atoms with Crippen LogP contribution in [0.15, 0.2) is 6.20 Å². The Bertz CT molecular complexity index is 367. The molecule has 0 spiro atoms. The van der Waals surface area contributed by atoms with Gasteiger partial charge in [0.2, 0.25) is 5.95 Å². The lowest BCUT2D eigenvalue weighted by Crippen LogP contribution is -2.23. The number of nitrogens with zero attached hydrogens (tertiary/aromatic N) is 3. The minimum atomic E-state index is 0.548. The third-order valence-corrected chi connectivity index (χ3v) is 3.53. The van der Waals surface area contributed by atoms with Crippen molar-refractivity contribution in [1.82, 2.24) is 14.5 Å². The van der Waals surface area contributed by atoms with Gasteiger partial charge >= 0.3 is 0 Å². The van der Waals surface area contributed by atoms with Crippen molar-refractivity contribution < 1.29 is 0 Å². The number of hydrogen-bond donors (Lipinski definition) is 1. The molecule has 1 aromatic rings. The van der Waals surface area contributed by atoms with Gasteiger partial charge in [0.25, 0.3) is 0 Å². The highest BCUT2D eigenvalue weighted by Crippen LogP contribution is 2.34. The van der Waals surface area contributed by atoms with Gasteiger partial charge in [0.1, 0.15) is 0 Å². The van der Waals surface area contributed by atoms with Gasteiger partial charge in [0.15, 0.2) is 0 Å². The molecule has 1 atom stereocenters. The summed E-state index contributed by atoms with van der Waals surface area (Å²) >= 11 is 0. The molecule has 2 N–H and O–H groups in total. The average molecular weight is 206 g/mol. The topological polar surface area (TPSA) is 47.1 Å². The SMILES string of the molecule is Cc1cn(C2CCN(C3CC3)C2)c(N)n1. The highest BCUT2D eigenvalue weighted by atomic mass is 15.3. The number of aromatic nitrogens is 2. The molecule has 82 valence electrons. The van der Waals surface area contributed by atoms with E-state index >= 15 is 0 Å². The molecule has 4 nitrogen and oxygen atoms in total. The molecule has 1 unspecified atom stereocenters. The molecule has 2 heterocycles. The number of nitrogen functional groups attached to an aromatic ring is 1. The Morgan fingerprint density at radius 2 is 2.13 bits per heavy atom. The van der Waals surface area contributed by atoms with E-state index in [9.17, 15) is 0 Å². The van der Waals surface area contributed by atoms with E-state index in [1.54, 1.807) is 0 Å². The number of likely N-dealkylation sites (tertiary alicyclic amines) is 1. The molecule has 0 amide bonds. The Kier molecular flexibility index (Phi) is 1.99. The number of anilines is 1. The van der Waals surface area contributed by atoms with Crippen molar-refractivity contribution in [2.45, 2.75) is 38.3 Å². The Labute approximate surface area is 90.1 Å². The van der Waals surface area contributed by atoms with Crippen molar-refractivity contribution in [1.29, 1.82) is 0 Å². The first-order valence-electron chi connectivity index (χ1n) is 5.79. The van der Waals surface area contributed by atoms with Gasteiger partial charge in [-0.25, -0.2) is 4.98 Å². The third kappa shape index (κ3) is 1.63. The first-order chi connectivity index (χ1) is 7.24. The molecule has 1 aliphatic carbocycles. The fourth-order valence-corrected chi connectivity index (χ4v) is 2.59. The maximum Gasteiger partial charge on any atom is 0.200 e. The van der Waals surface area contributed by atoms with Crippen LogP contribution in [0.4, 0.5) is 5.95 Å². The van der Waals surface area contributed by atoms with Crippen LogP contribution in [0.1, 0.15) is 31.0 Å². The van der Waals surface area contributed by atoms with E-state index in [-0.39, 0.29) is 0 Å². The van der Waals surface area contributed by atoms with Gasteiger partial charge < -0.3 is 10.3 Å². The van der Waals surface area contributed by atoms with E-state index < -0.39 is 0 Å². The number of hydrogen-bond acceptors (Lipinski definition) is 3. The minimum Gasteiger partial charge on any atom is -0.369 e. The van der Waals surface area contributed by atoms with Gasteiger partial charge in [-0.05, 0) is 26.2 Å². The van der Waals surface area contributed by atoms with E-state index in [0.717, 1.165) is 18.3 Å². The summed E-state index contributed by atoms with van der Waals surface area (Å²) in [5.74, 6) is 0.676. The largest absolute Gasteiger partial charge is 0.369 e. The van der Waals surface area contributed by atoms with Crippen LogP contribution in [0.5, 0.6) is 0 Å². The lowest BCUT2D eigenvalue weighted by atomic mass is 10.2. The van der Waals surface area contributed by atoms with Crippen LogP contribution >= 0.6 is 0 Å². The second kappa shape index (κ2) is 3.23. The number of nitrogens with two attached hydrogens (primary N) is 1. The molecule has 1 aromatic heterocycles. The van der Waals surface area contributed by atoms with Crippen LogP contribution in [0.3, 0.4) is 0 Å². The Balaban J connectivity index is 1.75. The molecule has 15 heavy (non-hydrogen) atoms. The molecule has 4 heteroatoms. The summed E-state index contributed by atoms with van der Waals surface area (Å²) in [6.45, 7) is 4.39. The second-order valence-electron chi connectivity index (χ2n) is 4.82. The van der Waals surface area contributed by atoms with E-state index in [0.29, 0.717) is 12.0 Å². The van der Waals surface area contributed by atoms with Gasteiger partial charge in [-0.15, -0.1) is 0 Å². The Morgan fingerprint density at radius 1 is 1.33 bits per heavy atom. The monoisotopic (exact) mass is 206 g/mol. The summed E-state index contributed by atoms with van der Waals surface area (Å²) in [6, 6.07) is 1.42. The van der Waals surface area contributed by atoms with Crippen molar-refractivity contribution >= 4 is 5.95 Å². The van der Waals surface area contributed by atoms with Gasteiger partial charge in [-0.3, -0.25) is 4.90 Å². The Morgan fingerprint density at radius 3 is 2.73 bits per heavy atom. The van der Waals surface area contributed by atoms with Crippen molar-refractivity contribution in [2.75, 3.05) is 18.8 Å². The molecular weight excluding hydrogens is 188 g/mol. The summed E-state index contributed by atoms with van der Waals surface area (Å²) in [5, 5.41) is 0. The van der Waals surface area contributed by atoms with E-state index in [1.807, 2.05) is 6.92 Å². The quantitative estimate of drug-likeness (QED) is 0.790. The highest BCUT2D eigenvalue weighted by Gasteiger charge is 2.35. The fourth-order valence-electron chi connectivity index (χ4n) is 2.59. The predicted molar refractivity (Wildman–Crippen MR) is 59.6 cm³/mol. The smallest absolute Gasteiger partial charge is 0.200 e. The first-order valence-corrected chi connectivity index (χ1v) is 5.79. The van der Waals surface area contributed by atoms with Gasteiger partial charge in [0.05, 0.1) is 11.7 Å². The zero-order valence-corrected chi connectivity index (χ0v) is 9.19. The molecular formula is C11H18N4. The second-order valence-corrected chi connectivity index (χ2v) is 4.82. The summed E-state index contributed by atoms with van der Waals surface area (Å²) in [7, 11) is 0. The normalized spacial score (nSPS) is 27.4. The first kappa shape index (κ1) is 9.21. The molecule has 1 saturated heterocycles. The predicted octanol–water partition coefficient (Wildman–Crippen LogP) is 1.18. The third-order valence-electron chi connectivity index (χ3n) is 3.53. The van der Waals surface area contributed by atoms with E-state index in [4.69, 9.17) is 5.73 Å². The van der Waals surface area contributed by atoms with Crippen LogP contribution in [-0.2, 0) is 0 Å². The molecule has 3 rings (SSSR count). The maximum absolute atomic E-state index is 5.89. The van der Waals surface area contributed by atoms with Gasteiger partial charge in [0, 0.05) is 25.3 Å². The summed E-state index contributed by atoms with van der Waals surface area (Å²) in [6.07, 6.45) is 6.09. The van der Waals surface area contributed by atoms with Crippen molar-refractivity contribution in [2.24, 2.45) is 0 Å². The highest BCUT2D eigenvalue weighted by molar-refractivity contribution is 5.23. The lowest BCUT2D eigenvalue weighted by Gasteiger charge is -2.16. The molecule has 0 aromatic carbocycles. The summed E-state index contributed by atoms with van der Waals surface area (Å²) < 4.78 is 2.15. The van der Waals surface area contributed by atoms with Crippen LogP contribution < -0.4 is 5.73 Å². The van der Waals surface area contributed by atoms with E-state index in [1.165, 1.54) is 25.8 Å². The molecule has 2 fully saturated rings. The lowest BCUT2D eigenvalue weighted by molar-refractivity contribution is 0.314. The van der Waals surface area contributed by atoms with Crippen molar-refractivity contribution in [3.05, 3.63) is 11.9 Å². The zero-order chi connectivity index (χ0) is 10.4. The van der Waals surface area contributed by atoms with E-state index in [2.05, 4.69) is 20.6 Å². The number of aryl methyl sites for hydroxylation is 1. The minimum absolute atomic E-state index is 0.548. The number of rotatable bonds is 2. The number of imidazole rings is 1. The molecule has 1 aliphatic heterocycles. The molecule has 0 radical (unpaired) electrons. The average Bonchev–Trinajstić information content (AvgIpc) is 2.83. The van der Waals surface area contributed by atoms with Crippen LogP contribution in [0.25, 0.3) is 0 Å². The summed E-state index contributed by atoms with van der Waals surface area (Å²) in [5.41, 5.74) is 6.92. The van der Waals surface area contributed by atoms with Crippen LogP contribution in [-0.4, -0.2) is 33.6 Å². The standard InChI is InChI=1S/C11H18N4/c1-8-6-15(11(12)13-8)10-4-5-14(7-10)9-2-3-9/h6,9-10H,2-5,7H2,1H3,(H2,12,13). The van der Waals surface area contributed by atoms with Crippen molar-refractivity contribution in [3.8, 4) is 0 Å². The van der Waals surface area contributed by atoms with Gasteiger partial charge in [-0.1, -0.05) is 0 Å². The van der Waals surface area contributed by atoms with Crippen LogP contribution in [0.2, 0.25) is 0 Å². The molecule has 0 bridgehead atoms. The zero-order valence-electron chi connectivity index (χ0n) is 9.19. The fraction of sp³-hybridized carbons (Fsp3) is 0.727. The van der Waals surface area contributed by atoms with Gasteiger partial charge in [-0.2, -0.15) is 0 Å². The Hall–Kier alpha value is -1.03. The van der Waals surface area contributed by atoms with Crippen LogP contribution in [0, 0.1) is 6.92 Å². The molecule has 1 saturated carbocycles.